The number of carbonyl (C=O) groups excluding carboxylic acids is 1. The average Bonchev–Trinajstić information content (AvgIpc) is 2.83. The summed E-state index contributed by atoms with van der Waals surface area (Å²) in [5.41, 5.74) is 5.27. The molecular formula is C11H13N3OS. The molecule has 1 aliphatic rings. The summed E-state index contributed by atoms with van der Waals surface area (Å²) >= 11 is 1.38. The van der Waals surface area contributed by atoms with Gasteiger partial charge in [0.1, 0.15) is 0 Å². The number of nitrogens with one attached hydrogen (secondary N) is 1. The molecule has 1 fully saturated rings. The van der Waals surface area contributed by atoms with Crippen LogP contribution in [0.25, 0.3) is 0 Å². The first-order valence-electron chi connectivity index (χ1n) is 5.16. The molecule has 0 spiro atoms. The number of aromatic nitrogens is 1. The van der Waals surface area contributed by atoms with E-state index in [1.54, 1.807) is 6.20 Å². The average molecular weight is 235 g/mol. The van der Waals surface area contributed by atoms with Gasteiger partial charge in [-0.05, 0) is 12.3 Å². The number of hydrogen-bond donors (Lipinski definition) is 2. The Balaban J connectivity index is 1.94. The molecule has 3 N–H and O–H groups in total. The third-order valence-electron chi connectivity index (χ3n) is 2.50. The van der Waals surface area contributed by atoms with Crippen molar-refractivity contribution in [1.29, 1.82) is 0 Å². The normalized spacial score (nSPS) is 22.1. The van der Waals surface area contributed by atoms with Crippen LogP contribution in [-0.4, -0.2) is 17.4 Å². The number of nitrogens with two attached hydrogens (primary N) is 1. The fraction of sp³-hybridized carbons (Fsp3) is 0.455. The van der Waals surface area contributed by atoms with E-state index in [-0.39, 0.29) is 11.8 Å². The molecule has 2 unspecified atom stereocenters. The molecule has 1 heterocycles. The Morgan fingerprint density at radius 3 is 3.19 bits per heavy atom. The molecule has 2 atom stereocenters. The van der Waals surface area contributed by atoms with Gasteiger partial charge in [0.05, 0.1) is 17.6 Å². The number of carbonyl (C=O) groups is 1. The van der Waals surface area contributed by atoms with E-state index in [1.165, 1.54) is 11.3 Å². The third kappa shape index (κ3) is 2.60. The number of hydrogen-bond acceptors (Lipinski definition) is 4. The summed E-state index contributed by atoms with van der Waals surface area (Å²) in [5.74, 6) is 6.38. The summed E-state index contributed by atoms with van der Waals surface area (Å²) in [6.45, 7) is 2.41. The van der Waals surface area contributed by atoms with Crippen molar-refractivity contribution in [1.82, 2.24) is 4.98 Å². The highest BCUT2D eigenvalue weighted by molar-refractivity contribution is 7.16. The molecule has 84 valence electrons. The molecule has 2 rings (SSSR count). The smallest absolute Gasteiger partial charge is 0.229 e. The van der Waals surface area contributed by atoms with Crippen molar-refractivity contribution in [2.24, 2.45) is 17.6 Å². The maximum atomic E-state index is 11.6. The Hall–Kier alpha value is -1.38. The fourth-order valence-electron chi connectivity index (χ4n) is 1.41. The van der Waals surface area contributed by atoms with E-state index < -0.39 is 0 Å². The summed E-state index contributed by atoms with van der Waals surface area (Å²) in [6, 6.07) is 0. The van der Waals surface area contributed by atoms with Gasteiger partial charge in [-0.15, -0.1) is 0 Å². The molecule has 0 aromatic carbocycles. The zero-order valence-corrected chi connectivity index (χ0v) is 9.80. The van der Waals surface area contributed by atoms with E-state index in [1.807, 2.05) is 0 Å². The number of nitrogens with zero attached hydrogens (tertiary/aromatic N) is 1. The summed E-state index contributed by atoms with van der Waals surface area (Å²) < 4.78 is 0. The van der Waals surface area contributed by atoms with E-state index in [4.69, 9.17) is 5.73 Å². The molecule has 0 radical (unpaired) electrons. The van der Waals surface area contributed by atoms with Crippen molar-refractivity contribution in [2.45, 2.75) is 13.3 Å². The van der Waals surface area contributed by atoms with Gasteiger partial charge in [-0.3, -0.25) is 4.79 Å². The molecule has 0 aliphatic heterocycles. The maximum absolute atomic E-state index is 11.6. The lowest BCUT2D eigenvalue weighted by atomic mass is 10.3. The van der Waals surface area contributed by atoms with Crippen LogP contribution >= 0.6 is 11.3 Å². The van der Waals surface area contributed by atoms with Crippen LogP contribution < -0.4 is 11.1 Å². The van der Waals surface area contributed by atoms with Crippen LogP contribution in [0.1, 0.15) is 18.2 Å². The van der Waals surface area contributed by atoms with Crippen molar-refractivity contribution < 1.29 is 4.79 Å². The van der Waals surface area contributed by atoms with Crippen LogP contribution in [-0.2, 0) is 4.79 Å². The van der Waals surface area contributed by atoms with Crippen molar-refractivity contribution >= 4 is 22.4 Å². The number of rotatable bonds is 2. The minimum Gasteiger partial charge on any atom is -0.320 e. The van der Waals surface area contributed by atoms with Crippen molar-refractivity contribution in [3.8, 4) is 11.8 Å². The molecule has 0 bridgehead atoms. The standard InChI is InChI=1S/C11H13N3OS/c1-7-5-9(7)10(15)14-11-13-6-8(16-11)3-2-4-12/h6-7,9H,4-5,12H2,1H3,(H,13,14,15). The molecule has 1 amide bonds. The minimum atomic E-state index is 0.0696. The van der Waals surface area contributed by atoms with Gasteiger partial charge in [-0.1, -0.05) is 30.1 Å². The Morgan fingerprint density at radius 2 is 2.56 bits per heavy atom. The molecular weight excluding hydrogens is 222 g/mol. The molecule has 1 saturated carbocycles. The first kappa shape index (κ1) is 11.1. The van der Waals surface area contributed by atoms with Crippen LogP contribution in [0.3, 0.4) is 0 Å². The number of thiazole rings is 1. The molecule has 0 saturated heterocycles. The largest absolute Gasteiger partial charge is 0.320 e. The Bertz CT molecular complexity index is 457. The zero-order valence-electron chi connectivity index (χ0n) is 8.99. The van der Waals surface area contributed by atoms with Crippen LogP contribution in [0.4, 0.5) is 5.13 Å². The van der Waals surface area contributed by atoms with E-state index in [9.17, 15) is 4.79 Å². The maximum Gasteiger partial charge on any atom is 0.229 e. The highest BCUT2D eigenvalue weighted by atomic mass is 32.1. The van der Waals surface area contributed by atoms with Crippen molar-refractivity contribution in [3.05, 3.63) is 11.1 Å². The van der Waals surface area contributed by atoms with E-state index in [0.29, 0.717) is 17.6 Å². The second-order valence-electron chi connectivity index (χ2n) is 3.84. The second kappa shape index (κ2) is 4.64. The molecule has 1 aliphatic carbocycles. The molecule has 5 heteroatoms. The summed E-state index contributed by atoms with van der Waals surface area (Å²) in [4.78, 5) is 16.5. The van der Waals surface area contributed by atoms with Crippen molar-refractivity contribution in [3.63, 3.8) is 0 Å². The van der Waals surface area contributed by atoms with Crippen molar-refractivity contribution in [2.75, 3.05) is 11.9 Å². The number of anilines is 1. The fourth-order valence-corrected chi connectivity index (χ4v) is 2.11. The second-order valence-corrected chi connectivity index (χ2v) is 4.87. The summed E-state index contributed by atoms with van der Waals surface area (Å²) in [5, 5.41) is 3.42. The third-order valence-corrected chi connectivity index (χ3v) is 3.32. The highest BCUT2D eigenvalue weighted by Crippen LogP contribution is 2.38. The van der Waals surface area contributed by atoms with E-state index >= 15 is 0 Å². The van der Waals surface area contributed by atoms with Crippen LogP contribution in [0.15, 0.2) is 6.20 Å². The first-order valence-corrected chi connectivity index (χ1v) is 5.98. The lowest BCUT2D eigenvalue weighted by Crippen LogP contribution is -2.13. The number of amides is 1. The first-order chi connectivity index (χ1) is 7.70. The van der Waals surface area contributed by atoms with Crippen LogP contribution in [0.5, 0.6) is 0 Å². The van der Waals surface area contributed by atoms with Crippen LogP contribution in [0, 0.1) is 23.7 Å². The topological polar surface area (TPSA) is 68.0 Å². The SMILES string of the molecule is CC1CC1C(=O)Nc1ncc(C#CCN)s1. The lowest BCUT2D eigenvalue weighted by molar-refractivity contribution is -0.117. The zero-order chi connectivity index (χ0) is 11.5. The molecule has 1 aromatic rings. The predicted octanol–water partition coefficient (Wildman–Crippen LogP) is 1.05. The van der Waals surface area contributed by atoms with Gasteiger partial charge in [0.15, 0.2) is 5.13 Å². The van der Waals surface area contributed by atoms with Gasteiger partial charge in [0.2, 0.25) is 5.91 Å². The molecule has 4 nitrogen and oxygen atoms in total. The summed E-state index contributed by atoms with van der Waals surface area (Å²) in [7, 11) is 0. The van der Waals surface area contributed by atoms with Gasteiger partial charge in [-0.2, -0.15) is 0 Å². The minimum absolute atomic E-state index is 0.0696. The quantitative estimate of drug-likeness (QED) is 0.753. The molecule has 16 heavy (non-hydrogen) atoms. The summed E-state index contributed by atoms with van der Waals surface area (Å²) in [6.07, 6.45) is 2.64. The van der Waals surface area contributed by atoms with Gasteiger partial charge < -0.3 is 11.1 Å². The van der Waals surface area contributed by atoms with Gasteiger partial charge in [0, 0.05) is 5.92 Å². The monoisotopic (exact) mass is 235 g/mol. The van der Waals surface area contributed by atoms with Gasteiger partial charge >= 0.3 is 0 Å². The van der Waals surface area contributed by atoms with E-state index in [2.05, 4.69) is 29.1 Å². The van der Waals surface area contributed by atoms with Gasteiger partial charge in [0.25, 0.3) is 0 Å². The van der Waals surface area contributed by atoms with Crippen LogP contribution in [0.2, 0.25) is 0 Å². The molecule has 1 aromatic heterocycles. The van der Waals surface area contributed by atoms with Gasteiger partial charge in [-0.25, -0.2) is 4.98 Å². The Labute approximate surface area is 98.3 Å². The van der Waals surface area contributed by atoms with E-state index in [0.717, 1.165) is 11.3 Å². The predicted molar refractivity (Wildman–Crippen MR) is 63.9 cm³/mol. The lowest BCUT2D eigenvalue weighted by Gasteiger charge is -1.97. The highest BCUT2D eigenvalue weighted by Gasteiger charge is 2.39. The Morgan fingerprint density at radius 1 is 1.81 bits per heavy atom. The Kier molecular flexibility index (Phi) is 3.22.